The molecule has 0 bridgehead atoms. The summed E-state index contributed by atoms with van der Waals surface area (Å²) in [5.41, 5.74) is 5.99. The number of oxime groups is 1. The van der Waals surface area contributed by atoms with Crippen molar-refractivity contribution in [3.8, 4) is 0 Å². The highest BCUT2D eigenvalue weighted by molar-refractivity contribution is 5.77. The van der Waals surface area contributed by atoms with Crippen LogP contribution in [0.3, 0.4) is 0 Å². The number of nitrogens with two attached hydrogens (primary N) is 1. The molecule has 1 rings (SSSR count). The second kappa shape index (κ2) is 11.4. The van der Waals surface area contributed by atoms with Crippen LogP contribution in [-0.4, -0.2) is 41.5 Å². The molecule has 0 aliphatic carbocycles. The van der Waals surface area contributed by atoms with E-state index in [-0.39, 0.29) is 12.8 Å². The van der Waals surface area contributed by atoms with Gasteiger partial charge >= 0.3 is 5.97 Å². The van der Waals surface area contributed by atoms with E-state index in [0.717, 1.165) is 5.56 Å². The van der Waals surface area contributed by atoms with Gasteiger partial charge in [0.1, 0.15) is 6.04 Å². The van der Waals surface area contributed by atoms with Crippen LogP contribution < -0.4 is 11.1 Å². The molecule has 1 aromatic rings. The van der Waals surface area contributed by atoms with Crippen LogP contribution in [0.25, 0.3) is 0 Å². The first-order valence-corrected chi connectivity index (χ1v) is 6.39. The second-order valence-electron chi connectivity index (χ2n) is 4.17. The predicted molar refractivity (Wildman–Crippen MR) is 79.3 cm³/mol. The molecule has 0 aliphatic heterocycles. The first-order valence-electron chi connectivity index (χ1n) is 6.39. The van der Waals surface area contributed by atoms with Crippen LogP contribution in [0.15, 0.2) is 35.5 Å². The maximum atomic E-state index is 10.3. The smallest absolute Gasteiger partial charge is 0.320 e. The average molecular weight is 295 g/mol. The fraction of sp³-hybridized carbons (Fsp3) is 0.357. The van der Waals surface area contributed by atoms with Gasteiger partial charge in [-0.05, 0) is 19.0 Å². The Balaban J connectivity index is 0.000000382. The number of amides is 1. The minimum atomic E-state index is -0.964. The number of nitrogens with one attached hydrogen (secondary N) is 1. The third kappa shape index (κ3) is 10.1. The third-order valence-electron chi connectivity index (χ3n) is 2.58. The summed E-state index contributed by atoms with van der Waals surface area (Å²) in [6, 6.07) is 9.17. The number of likely N-dealkylation sites (N-methyl/N-ethyl adjacent to an activating group) is 1. The highest BCUT2D eigenvalue weighted by atomic mass is 16.4. The number of primary amides is 1. The van der Waals surface area contributed by atoms with E-state index in [1.807, 2.05) is 30.3 Å². The molecule has 0 unspecified atom stereocenters. The Morgan fingerprint density at radius 1 is 1.38 bits per heavy atom. The van der Waals surface area contributed by atoms with Crippen molar-refractivity contribution in [2.24, 2.45) is 10.9 Å². The quantitative estimate of drug-likeness (QED) is 0.333. The summed E-state index contributed by atoms with van der Waals surface area (Å²) in [6.07, 6.45) is 2.49. The highest BCUT2D eigenvalue weighted by Gasteiger charge is 2.14. The van der Waals surface area contributed by atoms with Crippen molar-refractivity contribution in [1.82, 2.24) is 5.32 Å². The molecular formula is C14H21N3O4. The topological polar surface area (TPSA) is 125 Å². The van der Waals surface area contributed by atoms with Crippen molar-refractivity contribution in [3.63, 3.8) is 0 Å². The number of hydrogen-bond donors (Lipinski definition) is 4. The molecule has 0 saturated heterocycles. The summed E-state index contributed by atoms with van der Waals surface area (Å²) in [6.45, 7) is 0. The van der Waals surface area contributed by atoms with Gasteiger partial charge in [0.05, 0.1) is 0 Å². The molecule has 0 saturated carbocycles. The van der Waals surface area contributed by atoms with Gasteiger partial charge in [0, 0.05) is 19.1 Å². The van der Waals surface area contributed by atoms with Crippen molar-refractivity contribution >= 4 is 18.1 Å². The van der Waals surface area contributed by atoms with Crippen LogP contribution in [-0.2, 0) is 16.0 Å². The minimum Gasteiger partial charge on any atom is -0.480 e. The Morgan fingerprint density at radius 2 is 2.00 bits per heavy atom. The number of nitrogens with zero attached hydrogens (tertiary/aromatic N) is 1. The van der Waals surface area contributed by atoms with E-state index in [9.17, 15) is 9.59 Å². The van der Waals surface area contributed by atoms with E-state index >= 15 is 0 Å². The minimum absolute atomic E-state index is 0.0950. The fourth-order valence-corrected chi connectivity index (χ4v) is 1.44. The normalized spacial score (nSPS) is 11.5. The van der Waals surface area contributed by atoms with Crippen LogP contribution in [0.5, 0.6) is 0 Å². The number of aliphatic carboxylic acids is 1. The molecule has 0 radical (unpaired) electrons. The fourth-order valence-electron chi connectivity index (χ4n) is 1.44. The lowest BCUT2D eigenvalue weighted by molar-refractivity contribution is -0.139. The lowest BCUT2D eigenvalue weighted by Crippen LogP contribution is -2.34. The Labute approximate surface area is 123 Å². The Hall–Kier alpha value is -2.41. The van der Waals surface area contributed by atoms with Crippen molar-refractivity contribution in [1.29, 1.82) is 0 Å². The van der Waals surface area contributed by atoms with E-state index in [1.165, 1.54) is 13.3 Å². The van der Waals surface area contributed by atoms with E-state index in [0.29, 0.717) is 6.42 Å². The number of benzene rings is 1. The van der Waals surface area contributed by atoms with Crippen molar-refractivity contribution < 1.29 is 19.9 Å². The van der Waals surface area contributed by atoms with Crippen LogP contribution in [0.2, 0.25) is 0 Å². The molecule has 0 heterocycles. The molecule has 5 N–H and O–H groups in total. The zero-order valence-corrected chi connectivity index (χ0v) is 11.9. The Kier molecular flexibility index (Phi) is 10.1. The molecule has 0 aromatic heterocycles. The Morgan fingerprint density at radius 3 is 2.43 bits per heavy atom. The second-order valence-corrected chi connectivity index (χ2v) is 4.17. The first-order chi connectivity index (χ1) is 10.0. The summed E-state index contributed by atoms with van der Waals surface area (Å²) >= 11 is 0. The summed E-state index contributed by atoms with van der Waals surface area (Å²) < 4.78 is 0. The molecule has 21 heavy (non-hydrogen) atoms. The zero-order chi connectivity index (χ0) is 16.1. The molecule has 116 valence electrons. The van der Waals surface area contributed by atoms with Crippen molar-refractivity contribution in [2.75, 3.05) is 7.05 Å². The molecule has 1 atom stereocenters. The van der Waals surface area contributed by atoms with E-state index in [1.54, 1.807) is 0 Å². The molecule has 0 spiro atoms. The maximum absolute atomic E-state index is 10.3. The average Bonchev–Trinajstić information content (AvgIpc) is 2.47. The molecular weight excluding hydrogens is 274 g/mol. The number of hydrogen-bond acceptors (Lipinski definition) is 5. The van der Waals surface area contributed by atoms with Crippen LogP contribution in [0.1, 0.15) is 18.4 Å². The van der Waals surface area contributed by atoms with Gasteiger partial charge in [0.25, 0.3) is 0 Å². The zero-order valence-electron chi connectivity index (χ0n) is 11.9. The van der Waals surface area contributed by atoms with Crippen LogP contribution in [0.4, 0.5) is 0 Å². The first kappa shape index (κ1) is 18.6. The summed E-state index contributed by atoms with van der Waals surface area (Å²) in [4.78, 5) is 20.6. The number of rotatable bonds is 7. The molecule has 7 heteroatoms. The lowest BCUT2D eigenvalue weighted by atomic mass is 10.1. The van der Waals surface area contributed by atoms with Gasteiger partial charge in [0.2, 0.25) is 5.91 Å². The van der Waals surface area contributed by atoms with Crippen molar-refractivity contribution in [2.45, 2.75) is 25.3 Å². The van der Waals surface area contributed by atoms with Gasteiger partial charge in [0.15, 0.2) is 0 Å². The summed E-state index contributed by atoms with van der Waals surface area (Å²) in [7, 11) is 1.53. The van der Waals surface area contributed by atoms with Gasteiger partial charge in [-0.1, -0.05) is 30.3 Å². The Bertz CT molecular complexity index is 449. The third-order valence-corrected chi connectivity index (χ3v) is 2.58. The number of carbonyl (C=O) groups is 2. The SMILES string of the molecule is CN[C@@H](CCC(N)=O)C(=O)O.ON=CCc1ccccc1. The molecule has 1 aromatic carbocycles. The maximum Gasteiger partial charge on any atom is 0.320 e. The van der Waals surface area contributed by atoms with Gasteiger partial charge in [-0.15, -0.1) is 5.16 Å². The van der Waals surface area contributed by atoms with Gasteiger partial charge in [-0.3, -0.25) is 9.59 Å². The standard InChI is InChI=1S/C8H9NO.C6H12N2O3/c10-9-7-6-8-4-2-1-3-5-8;1-8-4(6(10)11)2-3-5(7)9/h1-5,7,10H,6H2;4,8H,2-3H2,1H3,(H2,7,9)(H,10,11)/t;4-/m.0/s1. The van der Waals surface area contributed by atoms with Gasteiger partial charge in [-0.2, -0.15) is 0 Å². The van der Waals surface area contributed by atoms with Crippen molar-refractivity contribution in [3.05, 3.63) is 35.9 Å². The highest BCUT2D eigenvalue weighted by Crippen LogP contribution is 1.97. The summed E-state index contributed by atoms with van der Waals surface area (Å²) in [5, 5.41) is 22.0. The number of carbonyl (C=O) groups excluding carboxylic acids is 1. The van der Waals surface area contributed by atoms with Gasteiger partial charge < -0.3 is 21.4 Å². The molecule has 0 fully saturated rings. The number of carboxylic acid groups (broad SMARTS) is 1. The monoisotopic (exact) mass is 295 g/mol. The summed E-state index contributed by atoms with van der Waals surface area (Å²) in [5.74, 6) is -1.44. The van der Waals surface area contributed by atoms with E-state index < -0.39 is 17.9 Å². The number of carboxylic acids is 1. The molecule has 0 aliphatic rings. The molecule has 1 amide bonds. The largest absolute Gasteiger partial charge is 0.480 e. The van der Waals surface area contributed by atoms with Crippen LogP contribution >= 0.6 is 0 Å². The molecule has 7 nitrogen and oxygen atoms in total. The van der Waals surface area contributed by atoms with E-state index in [2.05, 4.69) is 10.5 Å². The lowest BCUT2D eigenvalue weighted by Gasteiger charge is -2.08. The van der Waals surface area contributed by atoms with E-state index in [4.69, 9.17) is 16.0 Å². The van der Waals surface area contributed by atoms with Crippen LogP contribution in [0, 0.1) is 0 Å². The predicted octanol–water partition coefficient (Wildman–Crippen LogP) is 0.614. The van der Waals surface area contributed by atoms with Gasteiger partial charge in [-0.25, -0.2) is 0 Å².